The van der Waals surface area contributed by atoms with Gasteiger partial charge in [-0.25, -0.2) is 0 Å². The van der Waals surface area contributed by atoms with Gasteiger partial charge < -0.3 is 10.2 Å². The molecule has 1 N–H and O–H groups in total. The predicted molar refractivity (Wildman–Crippen MR) is 91.6 cm³/mol. The molecule has 128 valence electrons. The second-order valence-electron chi connectivity index (χ2n) is 7.25. The van der Waals surface area contributed by atoms with Crippen molar-refractivity contribution in [2.45, 2.75) is 44.1 Å². The Morgan fingerprint density at radius 3 is 2.35 bits per heavy atom. The van der Waals surface area contributed by atoms with Crippen LogP contribution in [-0.2, 0) is 10.3 Å². The maximum atomic E-state index is 13.4. The number of rotatable bonds is 2. The van der Waals surface area contributed by atoms with Crippen molar-refractivity contribution in [3.05, 3.63) is 18.5 Å². The molecule has 5 nitrogen and oxygen atoms in total. The lowest BCUT2D eigenvalue weighted by molar-refractivity contribution is -0.142. The molecule has 23 heavy (non-hydrogen) atoms. The molecule has 2 atom stereocenters. The maximum absolute atomic E-state index is 13.4. The molecule has 6 heteroatoms. The molecule has 0 radical (unpaired) electrons. The van der Waals surface area contributed by atoms with Crippen molar-refractivity contribution >= 4 is 18.3 Å². The van der Waals surface area contributed by atoms with E-state index in [4.69, 9.17) is 0 Å². The topological polar surface area (TPSA) is 50.2 Å². The number of hydrogen-bond acceptors (Lipinski definition) is 3. The normalized spacial score (nSPS) is 29.7. The second kappa shape index (κ2) is 6.81. The van der Waals surface area contributed by atoms with Crippen LogP contribution in [0.3, 0.4) is 0 Å². The summed E-state index contributed by atoms with van der Waals surface area (Å²) in [6, 6.07) is 1.93. The smallest absolute Gasteiger partial charge is 0.250 e. The number of fused-ring (bicyclic) bond motifs is 1. The van der Waals surface area contributed by atoms with Gasteiger partial charge >= 0.3 is 0 Å². The van der Waals surface area contributed by atoms with Gasteiger partial charge in [0.2, 0.25) is 0 Å². The standard InChI is InChI=1S/C17H26N4O.ClH/c22-16(20-12-14-4-1-2-5-15(14)13-20)17(6-9-18-10-7-17)21-11-3-8-19-21;/h3,8,11,14-15,18H,1-2,4-7,9-10,12-13H2;1H. The SMILES string of the molecule is Cl.O=C(N1CC2CCCCC2C1)C1(n2cccn2)CCNCC1. The minimum absolute atomic E-state index is 0. The molecule has 0 spiro atoms. The van der Waals surface area contributed by atoms with E-state index < -0.39 is 5.54 Å². The van der Waals surface area contributed by atoms with E-state index in [-0.39, 0.29) is 12.4 Å². The molecule has 1 aliphatic carbocycles. The Kier molecular flexibility index (Phi) is 4.97. The number of piperidine rings is 1. The Bertz CT molecular complexity index is 513. The fourth-order valence-electron chi connectivity index (χ4n) is 4.77. The number of aromatic nitrogens is 2. The lowest BCUT2D eigenvalue weighted by Gasteiger charge is -2.39. The quantitative estimate of drug-likeness (QED) is 0.897. The number of likely N-dealkylation sites (tertiary alicyclic amines) is 1. The number of nitrogens with one attached hydrogen (secondary N) is 1. The van der Waals surface area contributed by atoms with Gasteiger partial charge in [0.05, 0.1) is 0 Å². The molecule has 1 amide bonds. The van der Waals surface area contributed by atoms with Crippen LogP contribution in [0, 0.1) is 11.8 Å². The highest BCUT2D eigenvalue weighted by molar-refractivity contribution is 5.85. The summed E-state index contributed by atoms with van der Waals surface area (Å²) < 4.78 is 1.93. The molecule has 3 heterocycles. The molecule has 1 aromatic heterocycles. The zero-order valence-corrected chi connectivity index (χ0v) is 14.4. The predicted octanol–water partition coefficient (Wildman–Crippen LogP) is 2.03. The van der Waals surface area contributed by atoms with Crippen LogP contribution in [0.1, 0.15) is 38.5 Å². The Morgan fingerprint density at radius 2 is 1.78 bits per heavy atom. The van der Waals surface area contributed by atoms with E-state index in [0.717, 1.165) is 50.9 Å². The highest BCUT2D eigenvalue weighted by Crippen LogP contribution is 2.39. The molecular weight excluding hydrogens is 312 g/mol. The number of amides is 1. The summed E-state index contributed by atoms with van der Waals surface area (Å²) in [6.07, 6.45) is 10.8. The summed E-state index contributed by atoms with van der Waals surface area (Å²) in [5.41, 5.74) is -0.456. The third-order valence-electron chi connectivity index (χ3n) is 6.04. The Morgan fingerprint density at radius 1 is 1.13 bits per heavy atom. The molecule has 0 bridgehead atoms. The van der Waals surface area contributed by atoms with Gasteiger partial charge in [-0.15, -0.1) is 12.4 Å². The van der Waals surface area contributed by atoms with E-state index in [1.54, 1.807) is 6.20 Å². The van der Waals surface area contributed by atoms with Crippen molar-refractivity contribution in [2.75, 3.05) is 26.2 Å². The first-order valence-electron chi connectivity index (χ1n) is 8.80. The van der Waals surface area contributed by atoms with Crippen LogP contribution >= 0.6 is 12.4 Å². The first kappa shape index (κ1) is 16.8. The van der Waals surface area contributed by atoms with Crippen LogP contribution in [0.5, 0.6) is 0 Å². The first-order valence-corrected chi connectivity index (χ1v) is 8.80. The Balaban J connectivity index is 0.00000156. The number of nitrogens with zero attached hydrogens (tertiary/aromatic N) is 3. The molecule has 1 saturated carbocycles. The van der Waals surface area contributed by atoms with Crippen molar-refractivity contribution < 1.29 is 4.79 Å². The monoisotopic (exact) mass is 338 g/mol. The largest absolute Gasteiger partial charge is 0.340 e. The van der Waals surface area contributed by atoms with Crippen molar-refractivity contribution in [1.82, 2.24) is 20.0 Å². The Hall–Kier alpha value is -1.07. The van der Waals surface area contributed by atoms with E-state index in [2.05, 4.69) is 15.3 Å². The third kappa shape index (κ3) is 2.89. The molecule has 2 aliphatic heterocycles. The fourth-order valence-corrected chi connectivity index (χ4v) is 4.77. The molecule has 3 fully saturated rings. The zero-order chi connectivity index (χ0) is 15.0. The van der Waals surface area contributed by atoms with Gasteiger partial charge in [0.1, 0.15) is 5.54 Å². The maximum Gasteiger partial charge on any atom is 0.250 e. The third-order valence-corrected chi connectivity index (χ3v) is 6.04. The molecule has 0 aromatic carbocycles. The van der Waals surface area contributed by atoms with Gasteiger partial charge in [-0.2, -0.15) is 5.10 Å². The van der Waals surface area contributed by atoms with E-state index in [0.29, 0.717) is 5.91 Å². The van der Waals surface area contributed by atoms with Crippen LogP contribution in [0.2, 0.25) is 0 Å². The van der Waals surface area contributed by atoms with Crippen molar-refractivity contribution in [1.29, 1.82) is 0 Å². The van der Waals surface area contributed by atoms with Crippen LogP contribution in [-0.4, -0.2) is 46.8 Å². The van der Waals surface area contributed by atoms with E-state index in [9.17, 15) is 4.79 Å². The number of carbonyl (C=O) groups is 1. The van der Waals surface area contributed by atoms with Gasteiger partial charge in [-0.1, -0.05) is 12.8 Å². The lowest BCUT2D eigenvalue weighted by atomic mass is 9.82. The summed E-state index contributed by atoms with van der Waals surface area (Å²) in [6.45, 7) is 3.73. The minimum atomic E-state index is -0.456. The summed E-state index contributed by atoms with van der Waals surface area (Å²) in [4.78, 5) is 15.6. The molecule has 2 saturated heterocycles. The Labute approximate surface area is 144 Å². The van der Waals surface area contributed by atoms with Crippen molar-refractivity contribution in [2.24, 2.45) is 11.8 Å². The summed E-state index contributed by atoms with van der Waals surface area (Å²) in [7, 11) is 0. The van der Waals surface area contributed by atoms with E-state index in [1.807, 2.05) is 16.9 Å². The van der Waals surface area contributed by atoms with Crippen molar-refractivity contribution in [3.8, 4) is 0 Å². The van der Waals surface area contributed by atoms with Gasteiger partial charge in [0.25, 0.3) is 5.91 Å². The minimum Gasteiger partial charge on any atom is -0.340 e. The first-order chi connectivity index (χ1) is 10.8. The van der Waals surface area contributed by atoms with Crippen LogP contribution in [0.4, 0.5) is 0 Å². The van der Waals surface area contributed by atoms with Gasteiger partial charge in [0.15, 0.2) is 0 Å². The van der Waals surface area contributed by atoms with E-state index >= 15 is 0 Å². The van der Waals surface area contributed by atoms with Gasteiger partial charge in [-0.3, -0.25) is 9.48 Å². The van der Waals surface area contributed by atoms with Gasteiger partial charge in [0, 0.05) is 25.5 Å². The molecule has 4 rings (SSSR count). The average Bonchev–Trinajstić information content (AvgIpc) is 3.24. The van der Waals surface area contributed by atoms with Crippen LogP contribution in [0.25, 0.3) is 0 Å². The molecule has 3 aliphatic rings. The summed E-state index contributed by atoms with van der Waals surface area (Å²) in [5, 5.41) is 7.82. The highest BCUT2D eigenvalue weighted by Gasteiger charge is 2.47. The number of halogens is 1. The summed E-state index contributed by atoms with van der Waals surface area (Å²) in [5.74, 6) is 1.80. The zero-order valence-electron chi connectivity index (χ0n) is 13.6. The molecule has 2 unspecified atom stereocenters. The molecular formula is C17H27ClN4O. The lowest BCUT2D eigenvalue weighted by Crippen LogP contribution is -2.55. The van der Waals surface area contributed by atoms with Crippen LogP contribution < -0.4 is 5.32 Å². The van der Waals surface area contributed by atoms with Crippen LogP contribution in [0.15, 0.2) is 18.5 Å². The van der Waals surface area contributed by atoms with E-state index in [1.165, 1.54) is 25.7 Å². The number of carbonyl (C=O) groups excluding carboxylic acids is 1. The van der Waals surface area contributed by atoms with Gasteiger partial charge in [-0.05, 0) is 56.7 Å². The molecule has 1 aromatic rings. The number of hydrogen-bond donors (Lipinski definition) is 1. The fraction of sp³-hybridized carbons (Fsp3) is 0.765. The second-order valence-corrected chi connectivity index (χ2v) is 7.25. The average molecular weight is 339 g/mol. The highest BCUT2D eigenvalue weighted by atomic mass is 35.5. The van der Waals surface area contributed by atoms with Crippen molar-refractivity contribution in [3.63, 3.8) is 0 Å². The summed E-state index contributed by atoms with van der Waals surface area (Å²) >= 11 is 0.